The number of aryl methyl sites for hydroxylation is 1. The molecule has 1 atom stereocenters. The van der Waals surface area contributed by atoms with Crippen LogP contribution in [-0.2, 0) is 20.8 Å². The van der Waals surface area contributed by atoms with E-state index in [9.17, 15) is 14.4 Å². The number of pyridine rings is 1. The Morgan fingerprint density at radius 3 is 2.90 bits per heavy atom. The second-order valence-electron chi connectivity index (χ2n) is 4.68. The van der Waals surface area contributed by atoms with Gasteiger partial charge in [-0.15, -0.1) is 0 Å². The molecule has 1 N–H and O–H groups in total. The summed E-state index contributed by atoms with van der Waals surface area (Å²) in [6, 6.07) is 4.97. The molecule has 106 valence electrons. The summed E-state index contributed by atoms with van der Waals surface area (Å²) in [5.41, 5.74) is 0.821. The van der Waals surface area contributed by atoms with E-state index in [4.69, 9.17) is 0 Å². The van der Waals surface area contributed by atoms with E-state index in [2.05, 4.69) is 10.3 Å². The number of amides is 3. The maximum atomic E-state index is 12.2. The molecule has 6 heteroatoms. The molecule has 6 nitrogen and oxygen atoms in total. The zero-order valence-electron chi connectivity index (χ0n) is 11.3. The van der Waals surface area contributed by atoms with Gasteiger partial charge in [-0.2, -0.15) is 0 Å². The Labute approximate surface area is 117 Å². The Hall–Kier alpha value is -2.24. The van der Waals surface area contributed by atoms with Crippen molar-refractivity contribution < 1.29 is 14.4 Å². The lowest BCUT2D eigenvalue weighted by Crippen LogP contribution is -2.59. The second-order valence-corrected chi connectivity index (χ2v) is 4.68. The highest BCUT2D eigenvalue weighted by atomic mass is 16.2. The Balaban J connectivity index is 1.99. The van der Waals surface area contributed by atoms with Crippen LogP contribution in [0.1, 0.15) is 25.5 Å². The summed E-state index contributed by atoms with van der Waals surface area (Å²) >= 11 is 0. The summed E-state index contributed by atoms with van der Waals surface area (Å²) in [6.07, 6.45) is 2.91. The van der Waals surface area contributed by atoms with Gasteiger partial charge in [0, 0.05) is 18.3 Å². The van der Waals surface area contributed by atoms with Crippen molar-refractivity contribution in [2.24, 2.45) is 0 Å². The summed E-state index contributed by atoms with van der Waals surface area (Å²) in [6.45, 7) is 1.77. The summed E-state index contributed by atoms with van der Waals surface area (Å²) in [4.78, 5) is 40.8. The topological polar surface area (TPSA) is 79.4 Å². The zero-order chi connectivity index (χ0) is 14.5. The molecule has 1 saturated heterocycles. The van der Waals surface area contributed by atoms with Gasteiger partial charge in [-0.1, -0.05) is 13.0 Å². The average molecular weight is 275 g/mol. The third kappa shape index (κ3) is 3.20. The molecule has 0 aromatic carbocycles. The fourth-order valence-electron chi connectivity index (χ4n) is 2.26. The number of piperazine rings is 1. The van der Waals surface area contributed by atoms with Gasteiger partial charge in [-0.25, -0.2) is 0 Å². The van der Waals surface area contributed by atoms with Crippen LogP contribution in [0.15, 0.2) is 24.4 Å². The van der Waals surface area contributed by atoms with Crippen molar-refractivity contribution in [3.8, 4) is 0 Å². The minimum absolute atomic E-state index is 0.0503. The van der Waals surface area contributed by atoms with Gasteiger partial charge < -0.3 is 4.90 Å². The van der Waals surface area contributed by atoms with E-state index >= 15 is 0 Å². The molecular formula is C14H17N3O3. The number of nitrogens with zero attached hydrogens (tertiary/aromatic N) is 2. The molecule has 1 unspecified atom stereocenters. The lowest BCUT2D eigenvalue weighted by Gasteiger charge is -2.33. The number of rotatable bonds is 4. The lowest BCUT2D eigenvalue weighted by molar-refractivity contribution is -0.150. The van der Waals surface area contributed by atoms with Gasteiger partial charge in [-0.05, 0) is 25.0 Å². The Morgan fingerprint density at radius 2 is 2.25 bits per heavy atom. The van der Waals surface area contributed by atoms with Crippen LogP contribution in [-0.4, -0.2) is 40.2 Å². The molecule has 1 aromatic rings. The molecule has 0 aliphatic carbocycles. The van der Waals surface area contributed by atoms with Crippen LogP contribution in [0.5, 0.6) is 0 Å². The van der Waals surface area contributed by atoms with Gasteiger partial charge in [0.05, 0.1) is 0 Å². The first kappa shape index (κ1) is 14.2. The second kappa shape index (κ2) is 6.27. The molecule has 2 heterocycles. The summed E-state index contributed by atoms with van der Waals surface area (Å²) < 4.78 is 0. The first-order valence-electron chi connectivity index (χ1n) is 6.65. The van der Waals surface area contributed by atoms with Gasteiger partial charge in [0.15, 0.2) is 0 Å². The monoisotopic (exact) mass is 275 g/mol. The maximum Gasteiger partial charge on any atom is 0.249 e. The fraction of sp³-hybridized carbons (Fsp3) is 0.429. The lowest BCUT2D eigenvalue weighted by atomic mass is 10.1. The van der Waals surface area contributed by atoms with Crippen LogP contribution < -0.4 is 5.32 Å². The molecule has 20 heavy (non-hydrogen) atoms. The maximum absolute atomic E-state index is 12.2. The largest absolute Gasteiger partial charge is 0.321 e. The number of aromatic nitrogens is 1. The van der Waals surface area contributed by atoms with Crippen LogP contribution in [0.2, 0.25) is 0 Å². The van der Waals surface area contributed by atoms with Gasteiger partial charge >= 0.3 is 0 Å². The SMILES string of the molecule is CCC1C(=O)NC(=O)CN1C(=O)CCc1ccccn1. The minimum atomic E-state index is -0.552. The molecule has 0 spiro atoms. The Kier molecular flexibility index (Phi) is 4.45. The molecule has 3 amide bonds. The minimum Gasteiger partial charge on any atom is -0.321 e. The number of imide groups is 1. The van der Waals surface area contributed by atoms with E-state index in [1.54, 1.807) is 6.20 Å². The first-order valence-corrected chi connectivity index (χ1v) is 6.65. The van der Waals surface area contributed by atoms with E-state index in [1.807, 2.05) is 25.1 Å². The molecule has 0 radical (unpaired) electrons. The molecule has 0 saturated carbocycles. The summed E-state index contributed by atoms with van der Waals surface area (Å²) in [7, 11) is 0. The number of carbonyl (C=O) groups is 3. The van der Waals surface area contributed by atoms with Crippen molar-refractivity contribution in [2.45, 2.75) is 32.2 Å². The predicted molar refractivity (Wildman–Crippen MR) is 71.5 cm³/mol. The van der Waals surface area contributed by atoms with E-state index in [0.717, 1.165) is 5.69 Å². The Morgan fingerprint density at radius 1 is 1.45 bits per heavy atom. The van der Waals surface area contributed by atoms with Gasteiger partial charge in [0.1, 0.15) is 12.6 Å². The predicted octanol–water partition coefficient (Wildman–Crippen LogP) is 0.278. The molecule has 1 aliphatic heterocycles. The molecule has 1 aromatic heterocycles. The van der Waals surface area contributed by atoms with Gasteiger partial charge in [0.25, 0.3) is 0 Å². The number of hydrogen-bond donors (Lipinski definition) is 1. The van der Waals surface area contributed by atoms with Crippen molar-refractivity contribution in [1.82, 2.24) is 15.2 Å². The molecule has 0 bridgehead atoms. The van der Waals surface area contributed by atoms with Crippen LogP contribution in [0.4, 0.5) is 0 Å². The molecule has 1 aliphatic rings. The summed E-state index contributed by atoms with van der Waals surface area (Å²) in [5, 5.41) is 2.25. The van der Waals surface area contributed by atoms with Gasteiger partial charge in [0.2, 0.25) is 17.7 Å². The third-order valence-corrected chi connectivity index (χ3v) is 3.28. The number of nitrogens with one attached hydrogen (secondary N) is 1. The third-order valence-electron chi connectivity index (χ3n) is 3.28. The van der Waals surface area contributed by atoms with E-state index in [0.29, 0.717) is 12.8 Å². The van der Waals surface area contributed by atoms with E-state index in [-0.39, 0.29) is 18.9 Å². The number of hydrogen-bond acceptors (Lipinski definition) is 4. The highest BCUT2D eigenvalue weighted by Gasteiger charge is 2.34. The molecule has 2 rings (SSSR count). The van der Waals surface area contributed by atoms with E-state index in [1.165, 1.54) is 4.90 Å². The summed E-state index contributed by atoms with van der Waals surface area (Å²) in [5.74, 6) is -1.01. The average Bonchev–Trinajstić information content (AvgIpc) is 2.45. The van der Waals surface area contributed by atoms with Crippen molar-refractivity contribution in [2.75, 3.05) is 6.54 Å². The van der Waals surface area contributed by atoms with Crippen molar-refractivity contribution >= 4 is 17.7 Å². The van der Waals surface area contributed by atoms with Crippen LogP contribution in [0, 0.1) is 0 Å². The standard InChI is InChI=1S/C14H17N3O3/c1-2-11-14(20)16-12(18)9-17(11)13(19)7-6-10-5-3-4-8-15-10/h3-5,8,11H,2,6-7,9H2,1H3,(H,16,18,20). The fourth-order valence-corrected chi connectivity index (χ4v) is 2.26. The van der Waals surface area contributed by atoms with Crippen molar-refractivity contribution in [3.05, 3.63) is 30.1 Å². The van der Waals surface area contributed by atoms with E-state index < -0.39 is 17.9 Å². The van der Waals surface area contributed by atoms with Gasteiger partial charge in [-0.3, -0.25) is 24.7 Å². The van der Waals surface area contributed by atoms with Crippen LogP contribution in [0.3, 0.4) is 0 Å². The normalized spacial score (nSPS) is 18.9. The smallest absolute Gasteiger partial charge is 0.249 e. The quantitative estimate of drug-likeness (QED) is 0.800. The van der Waals surface area contributed by atoms with Crippen molar-refractivity contribution in [1.29, 1.82) is 0 Å². The van der Waals surface area contributed by atoms with Crippen LogP contribution in [0.25, 0.3) is 0 Å². The number of carbonyl (C=O) groups excluding carboxylic acids is 3. The Bertz CT molecular complexity index is 516. The zero-order valence-corrected chi connectivity index (χ0v) is 11.3. The first-order chi connectivity index (χ1) is 9.61. The van der Waals surface area contributed by atoms with Crippen molar-refractivity contribution in [3.63, 3.8) is 0 Å². The highest BCUT2D eigenvalue weighted by molar-refractivity contribution is 6.04. The highest BCUT2D eigenvalue weighted by Crippen LogP contribution is 2.12. The molecule has 1 fully saturated rings. The van der Waals surface area contributed by atoms with Crippen LogP contribution >= 0.6 is 0 Å². The molecular weight excluding hydrogens is 258 g/mol.